The number of thiophene rings is 1. The Balaban J connectivity index is 1.40. The van der Waals surface area contributed by atoms with E-state index in [4.69, 9.17) is 16.3 Å². The van der Waals surface area contributed by atoms with Gasteiger partial charge < -0.3 is 9.64 Å². The summed E-state index contributed by atoms with van der Waals surface area (Å²) in [6.07, 6.45) is 1.88. The lowest BCUT2D eigenvalue weighted by Gasteiger charge is -2.33. The van der Waals surface area contributed by atoms with Gasteiger partial charge in [-0.25, -0.2) is 9.78 Å². The number of anilines is 1. The Morgan fingerprint density at radius 2 is 2.21 bits per heavy atom. The summed E-state index contributed by atoms with van der Waals surface area (Å²) in [6.45, 7) is 1.55. The average molecular weight is 449 g/mol. The van der Waals surface area contributed by atoms with Gasteiger partial charge in [0, 0.05) is 25.4 Å². The van der Waals surface area contributed by atoms with Gasteiger partial charge in [0.1, 0.15) is 11.9 Å². The van der Waals surface area contributed by atoms with Crippen LogP contribution in [-0.4, -0.2) is 36.6 Å². The van der Waals surface area contributed by atoms with Crippen molar-refractivity contribution >= 4 is 52.6 Å². The van der Waals surface area contributed by atoms with Crippen LogP contribution in [0.2, 0.25) is 4.34 Å². The van der Waals surface area contributed by atoms with Crippen molar-refractivity contribution in [3.05, 3.63) is 39.4 Å². The molecule has 7 nitrogen and oxygen atoms in total. The van der Waals surface area contributed by atoms with Crippen LogP contribution in [0.15, 0.2) is 22.4 Å². The fourth-order valence-corrected chi connectivity index (χ4v) is 5.42. The zero-order valence-electron chi connectivity index (χ0n) is 15.3. The van der Waals surface area contributed by atoms with E-state index in [1.165, 1.54) is 23.3 Å². The normalized spacial score (nSPS) is 16.7. The van der Waals surface area contributed by atoms with E-state index in [1.54, 1.807) is 12.1 Å². The number of ether oxygens (including phenoxy) is 1. The Kier molecular flexibility index (Phi) is 5.94. The maximum atomic E-state index is 12.5. The molecule has 0 spiro atoms. The fourth-order valence-electron chi connectivity index (χ4n) is 3.44. The third-order valence-electron chi connectivity index (χ3n) is 4.96. The van der Waals surface area contributed by atoms with Gasteiger partial charge in [0.15, 0.2) is 0 Å². The Morgan fingerprint density at radius 3 is 2.90 bits per heavy atom. The number of carbonyl (C=O) groups is 2. The molecule has 4 heterocycles. The quantitative estimate of drug-likeness (QED) is 0.565. The van der Waals surface area contributed by atoms with E-state index in [0.717, 1.165) is 4.21 Å². The lowest BCUT2D eigenvalue weighted by Crippen LogP contribution is -2.40. The van der Waals surface area contributed by atoms with E-state index in [1.807, 2.05) is 11.0 Å². The molecule has 0 radical (unpaired) electrons. The molecular formula is C19H17ClN4O3S2. The molecule has 1 saturated heterocycles. The van der Waals surface area contributed by atoms with E-state index < -0.39 is 5.97 Å². The highest BCUT2D eigenvalue weighted by molar-refractivity contribution is 7.99. The molecule has 0 saturated carbocycles. The number of carbonyl (C=O) groups excluding carboxylic acids is 2. The first kappa shape index (κ1) is 20.0. The van der Waals surface area contributed by atoms with Crippen LogP contribution in [0.4, 0.5) is 5.82 Å². The lowest BCUT2D eigenvalue weighted by molar-refractivity contribution is -0.123. The molecule has 10 heteroatoms. The summed E-state index contributed by atoms with van der Waals surface area (Å²) in [6, 6.07) is 7.38. The predicted molar refractivity (Wildman–Crippen MR) is 111 cm³/mol. The molecule has 0 atom stereocenters. The summed E-state index contributed by atoms with van der Waals surface area (Å²) < 4.78 is 9.56. The van der Waals surface area contributed by atoms with Gasteiger partial charge in [-0.3, -0.25) is 9.52 Å². The predicted octanol–water partition coefficient (Wildman–Crippen LogP) is 3.42. The van der Waals surface area contributed by atoms with E-state index >= 15 is 0 Å². The van der Waals surface area contributed by atoms with Gasteiger partial charge >= 0.3 is 5.97 Å². The molecule has 2 aliphatic rings. The van der Waals surface area contributed by atoms with E-state index in [-0.39, 0.29) is 11.8 Å². The number of halogens is 1. The summed E-state index contributed by atoms with van der Waals surface area (Å²) in [7, 11) is 0. The van der Waals surface area contributed by atoms with Crippen molar-refractivity contribution in [3.8, 4) is 6.07 Å². The van der Waals surface area contributed by atoms with Crippen molar-refractivity contribution in [2.24, 2.45) is 5.92 Å². The van der Waals surface area contributed by atoms with Crippen molar-refractivity contribution in [1.29, 1.82) is 5.26 Å². The minimum absolute atomic E-state index is 0.000764. The van der Waals surface area contributed by atoms with Gasteiger partial charge in [-0.05, 0) is 43.0 Å². The number of esters is 1. The van der Waals surface area contributed by atoms with Gasteiger partial charge in [-0.15, -0.1) is 11.3 Å². The summed E-state index contributed by atoms with van der Waals surface area (Å²) in [5.41, 5.74) is 1.40. The highest BCUT2D eigenvalue weighted by Gasteiger charge is 2.29. The molecule has 1 fully saturated rings. The average Bonchev–Trinajstić information content (AvgIpc) is 3.16. The molecule has 2 aromatic rings. The Hall–Kier alpha value is -2.28. The number of pyridine rings is 1. The third-order valence-corrected chi connectivity index (χ3v) is 7.13. The number of rotatable bonds is 4. The zero-order valence-corrected chi connectivity index (χ0v) is 17.7. The minimum Gasteiger partial charge on any atom is -0.462 e. The molecule has 0 aromatic carbocycles. The number of aromatic nitrogens is 1. The van der Waals surface area contributed by atoms with Crippen LogP contribution in [0, 0.1) is 17.2 Å². The van der Waals surface area contributed by atoms with E-state index in [2.05, 4.69) is 15.8 Å². The molecule has 4 rings (SSSR count). The van der Waals surface area contributed by atoms with Crippen molar-refractivity contribution in [1.82, 2.24) is 9.71 Å². The number of hydrogen-bond acceptors (Lipinski definition) is 8. The number of piperidine rings is 1. The number of fused-ring (bicyclic) bond motifs is 1. The van der Waals surface area contributed by atoms with Crippen molar-refractivity contribution in [2.45, 2.75) is 23.5 Å². The third kappa shape index (κ3) is 4.34. The number of cyclic esters (lactones) is 1. The van der Waals surface area contributed by atoms with Crippen molar-refractivity contribution in [3.63, 3.8) is 0 Å². The fraction of sp³-hybridized carbons (Fsp3) is 0.368. The maximum absolute atomic E-state index is 12.5. The SMILES string of the molecule is N#Cc1cc2c(nc1N1CCC(C(=O)NSc3ccc(Cl)s3)CC1)CCOC2=O. The van der Waals surface area contributed by atoms with Crippen LogP contribution in [0.25, 0.3) is 0 Å². The number of nitriles is 1. The molecule has 0 aliphatic carbocycles. The van der Waals surface area contributed by atoms with E-state index in [9.17, 15) is 14.9 Å². The van der Waals surface area contributed by atoms with Crippen LogP contribution in [-0.2, 0) is 16.0 Å². The maximum Gasteiger partial charge on any atom is 0.340 e. The van der Waals surface area contributed by atoms with Crippen LogP contribution in [0.3, 0.4) is 0 Å². The van der Waals surface area contributed by atoms with Crippen molar-refractivity contribution in [2.75, 3.05) is 24.6 Å². The topological polar surface area (TPSA) is 95.3 Å². The van der Waals surface area contributed by atoms with Gasteiger partial charge in [0.2, 0.25) is 5.91 Å². The second kappa shape index (κ2) is 8.61. The highest BCUT2D eigenvalue weighted by atomic mass is 35.5. The summed E-state index contributed by atoms with van der Waals surface area (Å²) in [5, 5.41) is 9.51. The van der Waals surface area contributed by atoms with Gasteiger partial charge in [0.05, 0.1) is 32.0 Å². The molecule has 1 N–H and O–H groups in total. The van der Waals surface area contributed by atoms with Gasteiger partial charge in [-0.2, -0.15) is 5.26 Å². The number of hydrogen-bond donors (Lipinski definition) is 1. The largest absolute Gasteiger partial charge is 0.462 e. The summed E-state index contributed by atoms with van der Waals surface area (Å²) >= 11 is 8.61. The van der Waals surface area contributed by atoms with Crippen LogP contribution < -0.4 is 9.62 Å². The first-order valence-corrected chi connectivity index (χ1v) is 11.1. The minimum atomic E-state index is -0.429. The summed E-state index contributed by atoms with van der Waals surface area (Å²) in [4.78, 5) is 31.0. The van der Waals surface area contributed by atoms with Crippen LogP contribution >= 0.6 is 34.9 Å². The molecule has 0 unspecified atom stereocenters. The molecule has 2 aromatic heterocycles. The van der Waals surface area contributed by atoms with Gasteiger partial charge in [0.25, 0.3) is 0 Å². The Labute approximate surface area is 181 Å². The highest BCUT2D eigenvalue weighted by Crippen LogP contribution is 2.31. The Morgan fingerprint density at radius 1 is 1.41 bits per heavy atom. The van der Waals surface area contributed by atoms with E-state index in [0.29, 0.717) is 65.9 Å². The summed E-state index contributed by atoms with van der Waals surface area (Å²) in [5.74, 6) is 0.0669. The molecule has 150 valence electrons. The van der Waals surface area contributed by atoms with Crippen molar-refractivity contribution < 1.29 is 14.3 Å². The second-order valence-electron chi connectivity index (χ2n) is 6.74. The zero-order chi connectivity index (χ0) is 20.4. The molecule has 2 aliphatic heterocycles. The molecule has 0 bridgehead atoms. The molecule has 29 heavy (non-hydrogen) atoms. The van der Waals surface area contributed by atoms with Crippen LogP contribution in [0.5, 0.6) is 0 Å². The monoisotopic (exact) mass is 448 g/mol. The van der Waals surface area contributed by atoms with Gasteiger partial charge in [-0.1, -0.05) is 11.6 Å². The smallest absolute Gasteiger partial charge is 0.340 e. The number of amides is 1. The number of nitrogens with zero attached hydrogens (tertiary/aromatic N) is 3. The Bertz CT molecular complexity index is 996. The lowest BCUT2D eigenvalue weighted by atomic mass is 9.96. The van der Waals surface area contributed by atoms with Crippen LogP contribution in [0.1, 0.15) is 34.5 Å². The first-order chi connectivity index (χ1) is 14.0. The standard InChI is InChI=1S/C19H17ClN4O3S2/c20-15-1-2-16(28-15)29-23-18(25)11-3-6-24(7-4-11)17-12(10-21)9-13-14(22-17)5-8-27-19(13)26/h1-2,9,11H,3-8H2,(H,23,25). The molecule has 1 amide bonds. The second-order valence-corrected chi connectivity index (χ2v) is 9.56. The molecular weight excluding hydrogens is 432 g/mol. The number of nitrogens with one attached hydrogen (secondary N) is 1. The first-order valence-electron chi connectivity index (χ1n) is 9.13.